The smallest absolute Gasteiger partial charge is 0.243 e. The number of aromatic nitrogens is 1. The molecule has 0 bridgehead atoms. The molecule has 2 aromatic rings. The quantitative estimate of drug-likeness (QED) is 0.661. The van der Waals surface area contributed by atoms with Crippen LogP contribution < -0.4 is 15.5 Å². The molecule has 0 aliphatic heterocycles. The van der Waals surface area contributed by atoms with E-state index >= 15 is 0 Å². The highest BCUT2D eigenvalue weighted by molar-refractivity contribution is 7.89. The molecule has 0 atom stereocenters. The van der Waals surface area contributed by atoms with Crippen LogP contribution in [0.25, 0.3) is 0 Å². The van der Waals surface area contributed by atoms with Gasteiger partial charge in [-0.3, -0.25) is 9.59 Å². The van der Waals surface area contributed by atoms with Gasteiger partial charge in [-0.15, -0.1) is 0 Å². The van der Waals surface area contributed by atoms with E-state index in [1.807, 2.05) is 31.1 Å². The van der Waals surface area contributed by atoms with Crippen molar-refractivity contribution in [3.63, 3.8) is 0 Å². The zero-order valence-electron chi connectivity index (χ0n) is 16.8. The summed E-state index contributed by atoms with van der Waals surface area (Å²) < 4.78 is 26.2. The third kappa shape index (κ3) is 6.26. The van der Waals surface area contributed by atoms with Gasteiger partial charge in [-0.2, -0.15) is 4.31 Å². The Kier molecular flexibility index (Phi) is 7.29. The van der Waals surface area contributed by atoms with Gasteiger partial charge >= 0.3 is 0 Å². The van der Waals surface area contributed by atoms with Crippen LogP contribution in [0, 0.1) is 0 Å². The molecular formula is C19H25N5O4S. The second kappa shape index (κ2) is 9.48. The van der Waals surface area contributed by atoms with E-state index in [1.54, 1.807) is 6.20 Å². The first-order valence-electron chi connectivity index (χ1n) is 8.82. The van der Waals surface area contributed by atoms with Gasteiger partial charge in [-0.1, -0.05) is 6.07 Å². The van der Waals surface area contributed by atoms with Crippen molar-refractivity contribution >= 4 is 33.3 Å². The third-order valence-electron chi connectivity index (χ3n) is 4.01. The minimum Gasteiger partial charge on any atom is -0.363 e. The van der Waals surface area contributed by atoms with Crippen molar-refractivity contribution in [2.45, 2.75) is 18.4 Å². The molecular weight excluding hydrogens is 394 g/mol. The molecule has 2 N–H and O–H groups in total. The lowest BCUT2D eigenvalue weighted by atomic mass is 10.3. The number of carbonyl (C=O) groups excluding carboxylic acids is 2. The summed E-state index contributed by atoms with van der Waals surface area (Å²) in [4.78, 5) is 29.4. The van der Waals surface area contributed by atoms with Crippen molar-refractivity contribution in [2.75, 3.05) is 37.9 Å². The van der Waals surface area contributed by atoms with Gasteiger partial charge in [0.15, 0.2) is 0 Å². The molecule has 1 aromatic carbocycles. The summed E-state index contributed by atoms with van der Waals surface area (Å²) in [6.07, 6.45) is 1.66. The van der Waals surface area contributed by atoms with Crippen LogP contribution in [-0.2, 0) is 26.2 Å². The Morgan fingerprint density at radius 3 is 2.21 bits per heavy atom. The zero-order chi connectivity index (χ0) is 21.6. The Labute approximate surface area is 170 Å². The number of benzene rings is 1. The molecule has 29 heavy (non-hydrogen) atoms. The highest BCUT2D eigenvalue weighted by Crippen LogP contribution is 2.17. The Bertz CT molecular complexity index is 957. The molecule has 0 aliphatic rings. The average molecular weight is 420 g/mol. The zero-order valence-corrected chi connectivity index (χ0v) is 17.7. The van der Waals surface area contributed by atoms with Gasteiger partial charge in [0.05, 0.1) is 11.4 Å². The number of hydrogen-bond acceptors (Lipinski definition) is 6. The molecule has 1 heterocycles. The van der Waals surface area contributed by atoms with Crippen LogP contribution in [0.15, 0.2) is 47.5 Å². The van der Waals surface area contributed by atoms with Gasteiger partial charge < -0.3 is 15.5 Å². The summed E-state index contributed by atoms with van der Waals surface area (Å²) in [7, 11) is 1.27. The van der Waals surface area contributed by atoms with Gasteiger partial charge in [-0.25, -0.2) is 13.4 Å². The topological polar surface area (TPSA) is 112 Å². The molecule has 0 aliphatic carbocycles. The van der Waals surface area contributed by atoms with Crippen LogP contribution in [0.3, 0.4) is 0 Å². The van der Waals surface area contributed by atoms with Crippen LogP contribution in [0.1, 0.15) is 12.5 Å². The van der Waals surface area contributed by atoms with Crippen molar-refractivity contribution < 1.29 is 18.0 Å². The van der Waals surface area contributed by atoms with E-state index in [4.69, 9.17) is 0 Å². The predicted molar refractivity (Wildman–Crippen MR) is 111 cm³/mol. The molecule has 0 saturated carbocycles. The van der Waals surface area contributed by atoms with E-state index in [-0.39, 0.29) is 23.9 Å². The molecule has 0 saturated heterocycles. The molecule has 1 aromatic heterocycles. The second-order valence-corrected chi connectivity index (χ2v) is 8.71. The molecule has 2 amide bonds. The Balaban J connectivity index is 1.94. The fraction of sp³-hybridized carbons (Fsp3) is 0.316. The lowest BCUT2D eigenvalue weighted by molar-refractivity contribution is -0.121. The predicted octanol–water partition coefficient (Wildman–Crippen LogP) is 1.04. The van der Waals surface area contributed by atoms with E-state index < -0.39 is 15.9 Å². The number of amides is 2. The van der Waals surface area contributed by atoms with Crippen molar-refractivity contribution in [3.8, 4) is 0 Å². The molecule has 0 spiro atoms. The van der Waals surface area contributed by atoms with Crippen LogP contribution in [0.4, 0.5) is 11.5 Å². The molecule has 2 rings (SSSR count). The molecule has 10 heteroatoms. The molecule has 156 valence electrons. The minimum atomic E-state index is -3.84. The standard InChI is InChI=1S/C19H25N5O4S/c1-14(25)22-16-6-8-17(9-7-16)29(27,28)24(4)13-19(26)21-12-15-5-10-18(20-11-15)23(2)3/h5-11H,12-13H2,1-4H3,(H,21,26)(H,22,25). The Morgan fingerprint density at radius 1 is 1.03 bits per heavy atom. The second-order valence-electron chi connectivity index (χ2n) is 6.66. The highest BCUT2D eigenvalue weighted by atomic mass is 32.2. The van der Waals surface area contributed by atoms with Gasteiger partial charge in [-0.05, 0) is 35.9 Å². The summed E-state index contributed by atoms with van der Waals surface area (Å²) in [6, 6.07) is 9.43. The maximum atomic E-state index is 12.6. The number of anilines is 2. The summed E-state index contributed by atoms with van der Waals surface area (Å²) in [5.41, 5.74) is 1.30. The lowest BCUT2D eigenvalue weighted by Crippen LogP contribution is -2.38. The maximum Gasteiger partial charge on any atom is 0.243 e. The highest BCUT2D eigenvalue weighted by Gasteiger charge is 2.22. The molecule has 9 nitrogen and oxygen atoms in total. The van der Waals surface area contributed by atoms with Gasteiger partial charge in [0.1, 0.15) is 5.82 Å². The van der Waals surface area contributed by atoms with E-state index in [9.17, 15) is 18.0 Å². The summed E-state index contributed by atoms with van der Waals surface area (Å²) in [6.45, 7) is 1.29. The lowest BCUT2D eigenvalue weighted by Gasteiger charge is -2.17. The summed E-state index contributed by atoms with van der Waals surface area (Å²) >= 11 is 0. The van der Waals surface area contributed by atoms with Gasteiger partial charge in [0, 0.05) is 46.5 Å². The van der Waals surface area contributed by atoms with Crippen LogP contribution in [0.5, 0.6) is 0 Å². The van der Waals surface area contributed by atoms with E-state index in [1.165, 1.54) is 38.2 Å². The number of nitrogens with one attached hydrogen (secondary N) is 2. The summed E-state index contributed by atoms with van der Waals surface area (Å²) in [5, 5.41) is 5.25. The van der Waals surface area contributed by atoms with Crippen molar-refractivity contribution in [3.05, 3.63) is 48.2 Å². The van der Waals surface area contributed by atoms with E-state index in [0.717, 1.165) is 15.7 Å². The first kappa shape index (κ1) is 22.3. The first-order chi connectivity index (χ1) is 13.6. The molecule has 0 fully saturated rings. The third-order valence-corrected chi connectivity index (χ3v) is 5.82. The fourth-order valence-electron chi connectivity index (χ4n) is 2.42. The number of pyridine rings is 1. The average Bonchev–Trinajstić information content (AvgIpc) is 2.66. The van der Waals surface area contributed by atoms with Gasteiger partial charge in [0.25, 0.3) is 0 Å². The number of sulfonamides is 1. The van der Waals surface area contributed by atoms with Crippen molar-refractivity contribution in [1.29, 1.82) is 0 Å². The van der Waals surface area contributed by atoms with E-state index in [0.29, 0.717) is 5.69 Å². The Hall–Kier alpha value is -2.98. The minimum absolute atomic E-state index is 0.0328. The largest absolute Gasteiger partial charge is 0.363 e. The number of carbonyl (C=O) groups is 2. The fourth-order valence-corrected chi connectivity index (χ4v) is 3.55. The summed E-state index contributed by atoms with van der Waals surface area (Å²) in [5.74, 6) is 0.124. The molecule has 0 radical (unpaired) electrons. The number of rotatable bonds is 8. The van der Waals surface area contributed by atoms with Crippen LogP contribution >= 0.6 is 0 Å². The maximum absolute atomic E-state index is 12.6. The monoisotopic (exact) mass is 419 g/mol. The number of nitrogens with zero attached hydrogens (tertiary/aromatic N) is 3. The number of likely N-dealkylation sites (N-methyl/N-ethyl adjacent to an activating group) is 1. The normalized spacial score (nSPS) is 11.2. The van der Waals surface area contributed by atoms with Crippen molar-refractivity contribution in [2.24, 2.45) is 0 Å². The van der Waals surface area contributed by atoms with Crippen LogP contribution in [-0.4, -0.2) is 57.2 Å². The SMILES string of the molecule is CC(=O)Nc1ccc(S(=O)(=O)N(C)CC(=O)NCc2ccc(N(C)C)nc2)cc1. The van der Waals surface area contributed by atoms with E-state index in [2.05, 4.69) is 15.6 Å². The van der Waals surface area contributed by atoms with Gasteiger partial charge in [0.2, 0.25) is 21.8 Å². The molecule has 0 unspecified atom stereocenters. The number of hydrogen-bond donors (Lipinski definition) is 2. The van der Waals surface area contributed by atoms with Crippen LogP contribution in [0.2, 0.25) is 0 Å². The van der Waals surface area contributed by atoms with Crippen molar-refractivity contribution in [1.82, 2.24) is 14.6 Å². The first-order valence-corrected chi connectivity index (χ1v) is 10.3. The Morgan fingerprint density at radius 2 is 1.69 bits per heavy atom.